The molecular weight excluding hydrogens is 334 g/mol. The van der Waals surface area contributed by atoms with Crippen LogP contribution in [0.5, 0.6) is 5.75 Å². The van der Waals surface area contributed by atoms with Crippen molar-refractivity contribution in [2.75, 3.05) is 0 Å². The van der Waals surface area contributed by atoms with Crippen LogP contribution in [0.1, 0.15) is 16.7 Å². The summed E-state index contributed by atoms with van der Waals surface area (Å²) < 4.78 is 7.87. The van der Waals surface area contributed by atoms with Gasteiger partial charge in [0.05, 0.1) is 12.1 Å². The number of benzene rings is 3. The molecule has 0 unspecified atom stereocenters. The average Bonchev–Trinajstić information content (AvgIpc) is 2.70. The molecule has 134 valence electrons. The summed E-state index contributed by atoms with van der Waals surface area (Å²) in [7, 11) is 0. The average molecular weight is 355 g/mol. The SMILES string of the molecule is Cc1cccc2c1c(OCc1ccccc1)cc(=O)n2Cc1ccccc1. The Hall–Kier alpha value is -3.33. The molecule has 3 nitrogen and oxygen atoms in total. The molecule has 0 spiro atoms. The fourth-order valence-electron chi connectivity index (χ4n) is 3.36. The Bertz CT molecular complexity index is 1120. The van der Waals surface area contributed by atoms with Gasteiger partial charge in [0.2, 0.25) is 0 Å². The Morgan fingerprint density at radius 3 is 2.19 bits per heavy atom. The largest absolute Gasteiger partial charge is 0.488 e. The number of hydrogen-bond acceptors (Lipinski definition) is 2. The van der Waals surface area contributed by atoms with Crippen molar-refractivity contribution < 1.29 is 4.74 Å². The lowest BCUT2D eigenvalue weighted by molar-refractivity contribution is 0.309. The van der Waals surface area contributed by atoms with Gasteiger partial charge in [-0.2, -0.15) is 0 Å². The molecule has 0 aliphatic rings. The molecule has 4 rings (SSSR count). The van der Waals surface area contributed by atoms with E-state index in [1.165, 1.54) is 0 Å². The van der Waals surface area contributed by atoms with Gasteiger partial charge in [0.25, 0.3) is 5.56 Å². The molecule has 0 aliphatic carbocycles. The molecule has 0 amide bonds. The maximum absolute atomic E-state index is 12.9. The number of nitrogens with zero attached hydrogens (tertiary/aromatic N) is 1. The van der Waals surface area contributed by atoms with E-state index in [0.29, 0.717) is 18.9 Å². The first-order valence-electron chi connectivity index (χ1n) is 9.06. The lowest BCUT2D eigenvalue weighted by Crippen LogP contribution is -2.21. The van der Waals surface area contributed by atoms with Crippen molar-refractivity contribution in [1.82, 2.24) is 4.57 Å². The first-order chi connectivity index (χ1) is 13.2. The number of aryl methyl sites for hydroxylation is 1. The van der Waals surface area contributed by atoms with Crippen LogP contribution < -0.4 is 10.3 Å². The predicted octanol–water partition coefficient (Wildman–Crippen LogP) is 4.94. The molecule has 0 fully saturated rings. The van der Waals surface area contributed by atoms with Crippen LogP contribution in [-0.4, -0.2) is 4.57 Å². The zero-order valence-electron chi connectivity index (χ0n) is 15.3. The Balaban J connectivity index is 1.77. The van der Waals surface area contributed by atoms with Crippen molar-refractivity contribution in [2.24, 2.45) is 0 Å². The Kier molecular flexibility index (Phi) is 4.75. The molecule has 4 aromatic rings. The van der Waals surface area contributed by atoms with Gasteiger partial charge in [0.15, 0.2) is 0 Å². The third kappa shape index (κ3) is 3.63. The molecule has 3 aromatic carbocycles. The van der Waals surface area contributed by atoms with Crippen LogP contribution in [0, 0.1) is 6.92 Å². The molecule has 0 bridgehead atoms. The van der Waals surface area contributed by atoms with E-state index >= 15 is 0 Å². The van der Waals surface area contributed by atoms with Crippen LogP contribution in [0.2, 0.25) is 0 Å². The van der Waals surface area contributed by atoms with Crippen LogP contribution in [0.25, 0.3) is 10.9 Å². The molecule has 1 heterocycles. The van der Waals surface area contributed by atoms with Gasteiger partial charge in [0, 0.05) is 11.5 Å². The van der Waals surface area contributed by atoms with Crippen LogP contribution in [0.4, 0.5) is 0 Å². The van der Waals surface area contributed by atoms with Gasteiger partial charge in [-0.05, 0) is 29.7 Å². The van der Waals surface area contributed by atoms with Crippen LogP contribution in [0.15, 0.2) is 89.7 Å². The highest BCUT2D eigenvalue weighted by molar-refractivity contribution is 5.88. The maximum atomic E-state index is 12.9. The Labute approximate surface area is 158 Å². The summed E-state index contributed by atoms with van der Waals surface area (Å²) in [5.74, 6) is 0.640. The first-order valence-corrected chi connectivity index (χ1v) is 9.06. The Morgan fingerprint density at radius 1 is 0.815 bits per heavy atom. The number of aromatic nitrogens is 1. The van der Waals surface area contributed by atoms with Gasteiger partial charge in [0.1, 0.15) is 12.4 Å². The lowest BCUT2D eigenvalue weighted by Gasteiger charge is -2.16. The van der Waals surface area contributed by atoms with Crippen molar-refractivity contribution in [3.63, 3.8) is 0 Å². The highest BCUT2D eigenvalue weighted by Crippen LogP contribution is 2.28. The van der Waals surface area contributed by atoms with Crippen LogP contribution >= 0.6 is 0 Å². The second-order valence-electron chi connectivity index (χ2n) is 6.66. The van der Waals surface area contributed by atoms with E-state index in [2.05, 4.69) is 13.0 Å². The van der Waals surface area contributed by atoms with E-state index in [4.69, 9.17) is 4.74 Å². The van der Waals surface area contributed by atoms with E-state index in [-0.39, 0.29) is 5.56 Å². The monoisotopic (exact) mass is 355 g/mol. The van der Waals surface area contributed by atoms with Gasteiger partial charge in [-0.15, -0.1) is 0 Å². The summed E-state index contributed by atoms with van der Waals surface area (Å²) in [5.41, 5.74) is 4.11. The van der Waals surface area contributed by atoms with Crippen LogP contribution in [-0.2, 0) is 13.2 Å². The molecule has 0 saturated heterocycles. The summed E-state index contributed by atoms with van der Waals surface area (Å²) in [5, 5.41) is 0.990. The number of rotatable bonds is 5. The topological polar surface area (TPSA) is 31.2 Å². The number of fused-ring (bicyclic) bond motifs is 1. The molecule has 0 saturated carbocycles. The number of hydrogen-bond donors (Lipinski definition) is 0. The highest BCUT2D eigenvalue weighted by Gasteiger charge is 2.12. The molecule has 0 radical (unpaired) electrons. The normalized spacial score (nSPS) is 10.9. The molecule has 3 heteroatoms. The van der Waals surface area contributed by atoms with Gasteiger partial charge >= 0.3 is 0 Å². The molecule has 0 aliphatic heterocycles. The fraction of sp³-hybridized carbons (Fsp3) is 0.125. The van der Waals surface area contributed by atoms with E-state index < -0.39 is 0 Å². The van der Waals surface area contributed by atoms with E-state index in [9.17, 15) is 4.79 Å². The fourth-order valence-corrected chi connectivity index (χ4v) is 3.36. The molecule has 0 atom stereocenters. The summed E-state index contributed by atoms with van der Waals surface area (Å²) in [6.45, 7) is 3.03. The molecule has 0 N–H and O–H groups in total. The summed E-state index contributed by atoms with van der Waals surface area (Å²) in [6.07, 6.45) is 0. The van der Waals surface area contributed by atoms with Crippen molar-refractivity contribution >= 4 is 10.9 Å². The second-order valence-corrected chi connectivity index (χ2v) is 6.66. The summed E-state index contributed by atoms with van der Waals surface area (Å²) in [6, 6.07) is 27.7. The van der Waals surface area contributed by atoms with E-state index in [1.54, 1.807) is 6.07 Å². The molecule has 27 heavy (non-hydrogen) atoms. The first kappa shape index (κ1) is 17.1. The minimum Gasteiger partial charge on any atom is -0.488 e. The van der Waals surface area contributed by atoms with Crippen molar-refractivity contribution in [1.29, 1.82) is 0 Å². The second kappa shape index (κ2) is 7.50. The van der Waals surface area contributed by atoms with Crippen molar-refractivity contribution in [2.45, 2.75) is 20.1 Å². The van der Waals surface area contributed by atoms with Gasteiger partial charge in [-0.1, -0.05) is 72.8 Å². The van der Waals surface area contributed by atoms with E-state index in [1.807, 2.05) is 77.4 Å². The van der Waals surface area contributed by atoms with Gasteiger partial charge in [-0.3, -0.25) is 4.79 Å². The smallest absolute Gasteiger partial charge is 0.255 e. The quantitative estimate of drug-likeness (QED) is 0.508. The predicted molar refractivity (Wildman–Crippen MR) is 109 cm³/mol. The van der Waals surface area contributed by atoms with E-state index in [0.717, 1.165) is 27.6 Å². The minimum atomic E-state index is -0.0555. The van der Waals surface area contributed by atoms with Crippen LogP contribution in [0.3, 0.4) is 0 Å². The third-order valence-corrected chi connectivity index (χ3v) is 4.73. The van der Waals surface area contributed by atoms with Gasteiger partial charge in [-0.25, -0.2) is 0 Å². The zero-order chi connectivity index (χ0) is 18.6. The zero-order valence-corrected chi connectivity index (χ0v) is 15.3. The standard InChI is InChI=1S/C24H21NO2/c1-18-9-8-14-21-24(18)22(27-17-20-12-6-3-7-13-20)15-23(26)25(21)16-19-10-4-2-5-11-19/h2-15H,16-17H2,1H3. The molecule has 1 aromatic heterocycles. The number of ether oxygens (including phenoxy) is 1. The summed E-state index contributed by atoms with van der Waals surface area (Å²) >= 11 is 0. The highest BCUT2D eigenvalue weighted by atomic mass is 16.5. The Morgan fingerprint density at radius 2 is 1.48 bits per heavy atom. The third-order valence-electron chi connectivity index (χ3n) is 4.73. The molecular formula is C24H21NO2. The number of pyridine rings is 1. The van der Waals surface area contributed by atoms with Gasteiger partial charge < -0.3 is 9.30 Å². The lowest BCUT2D eigenvalue weighted by atomic mass is 10.1. The summed E-state index contributed by atoms with van der Waals surface area (Å²) in [4.78, 5) is 12.9. The maximum Gasteiger partial charge on any atom is 0.255 e. The van der Waals surface area contributed by atoms with Crippen molar-refractivity contribution in [3.8, 4) is 5.75 Å². The van der Waals surface area contributed by atoms with Crippen molar-refractivity contribution in [3.05, 3.63) is 112 Å². The minimum absolute atomic E-state index is 0.0555.